The largest absolute Gasteiger partial charge is 0.345 e. The van der Waals surface area contributed by atoms with E-state index in [4.69, 9.17) is 0 Å². The van der Waals surface area contributed by atoms with Crippen LogP contribution >= 0.6 is 0 Å². The van der Waals surface area contributed by atoms with Crippen LogP contribution in [0.4, 0.5) is 4.79 Å². The van der Waals surface area contributed by atoms with E-state index in [-0.39, 0.29) is 9.79 Å². The minimum Gasteiger partial charge on any atom is -0.258 e. The van der Waals surface area contributed by atoms with Crippen molar-refractivity contribution in [3.8, 4) is 0 Å². The molecule has 0 atom stereocenters. The quantitative estimate of drug-likeness (QED) is 0.531. The van der Waals surface area contributed by atoms with Crippen molar-refractivity contribution in [1.29, 1.82) is 0 Å². The van der Waals surface area contributed by atoms with Crippen LogP contribution in [0.3, 0.4) is 0 Å². The minimum atomic E-state index is -3.98. The van der Waals surface area contributed by atoms with Gasteiger partial charge < -0.3 is 0 Å². The summed E-state index contributed by atoms with van der Waals surface area (Å²) < 4.78 is 48.0. The topological polar surface area (TPSA) is 133 Å². The van der Waals surface area contributed by atoms with Crippen molar-refractivity contribution in [1.82, 2.24) is 20.5 Å². The van der Waals surface area contributed by atoms with Gasteiger partial charge in [0.15, 0.2) is 0 Å². The van der Waals surface area contributed by atoms with E-state index in [1.807, 2.05) is 20.5 Å². The van der Waals surface area contributed by atoms with E-state index >= 15 is 0 Å². The lowest BCUT2D eigenvalue weighted by molar-refractivity contribution is 0.237. The fourth-order valence-electron chi connectivity index (χ4n) is 1.81. The summed E-state index contributed by atoms with van der Waals surface area (Å²) in [7, 11) is -7.96. The molecule has 0 fully saturated rings. The third kappa shape index (κ3) is 5.26. The maximum absolute atomic E-state index is 12.0. The molecule has 0 unspecified atom stereocenters. The van der Waals surface area contributed by atoms with Crippen LogP contribution in [0, 0.1) is 13.8 Å². The Bertz CT molecular complexity index is 904. The molecule has 0 aliphatic heterocycles. The van der Waals surface area contributed by atoms with Crippen LogP contribution in [-0.4, -0.2) is 22.9 Å². The van der Waals surface area contributed by atoms with Crippen LogP contribution in [0.15, 0.2) is 58.3 Å². The summed E-state index contributed by atoms with van der Waals surface area (Å²) in [6.45, 7) is 3.60. The summed E-state index contributed by atoms with van der Waals surface area (Å²) in [5, 5.41) is 0. The second-order valence-electron chi connectivity index (χ2n) is 5.42. The number of carbonyl (C=O) groups excluding carboxylic acids is 1. The Labute approximate surface area is 151 Å². The average molecular weight is 398 g/mol. The zero-order valence-corrected chi connectivity index (χ0v) is 15.6. The summed E-state index contributed by atoms with van der Waals surface area (Å²) in [5.41, 5.74) is 5.46. The number of urea groups is 1. The number of benzene rings is 2. The van der Waals surface area contributed by atoms with Crippen LogP contribution in [0.25, 0.3) is 0 Å². The number of amides is 2. The molecule has 26 heavy (non-hydrogen) atoms. The van der Waals surface area contributed by atoms with E-state index in [1.54, 1.807) is 38.1 Å². The van der Waals surface area contributed by atoms with Gasteiger partial charge in [-0.25, -0.2) is 21.6 Å². The van der Waals surface area contributed by atoms with Crippen molar-refractivity contribution in [2.45, 2.75) is 23.6 Å². The van der Waals surface area contributed by atoms with Gasteiger partial charge in [0.25, 0.3) is 20.0 Å². The predicted octanol–water partition coefficient (Wildman–Crippen LogP) is 0.689. The molecule has 0 aliphatic rings. The second-order valence-corrected chi connectivity index (χ2v) is 8.78. The normalized spacial score (nSPS) is 11.8. The van der Waals surface area contributed by atoms with E-state index < -0.39 is 26.1 Å². The van der Waals surface area contributed by atoms with Gasteiger partial charge in [-0.1, -0.05) is 35.4 Å². The maximum atomic E-state index is 12.0. The van der Waals surface area contributed by atoms with Gasteiger partial charge in [0.05, 0.1) is 9.79 Å². The first kappa shape index (κ1) is 19.8. The van der Waals surface area contributed by atoms with Gasteiger partial charge in [-0.2, -0.15) is 0 Å². The highest BCUT2D eigenvalue weighted by Crippen LogP contribution is 2.10. The number of carbonyl (C=O) groups is 1. The zero-order chi connectivity index (χ0) is 19.4. The summed E-state index contributed by atoms with van der Waals surface area (Å²) >= 11 is 0. The van der Waals surface area contributed by atoms with Crippen molar-refractivity contribution in [3.63, 3.8) is 0 Å². The van der Waals surface area contributed by atoms with E-state index in [0.717, 1.165) is 11.1 Å². The van der Waals surface area contributed by atoms with E-state index in [2.05, 4.69) is 0 Å². The van der Waals surface area contributed by atoms with E-state index in [1.165, 1.54) is 24.3 Å². The molecule has 0 saturated carbocycles. The Morgan fingerprint density at radius 1 is 0.654 bits per heavy atom. The number of hydrogen-bond donors (Lipinski definition) is 4. The molecule has 11 heteroatoms. The number of hydrogen-bond acceptors (Lipinski definition) is 5. The van der Waals surface area contributed by atoms with Crippen molar-refractivity contribution in [2.75, 3.05) is 0 Å². The van der Waals surface area contributed by atoms with Crippen LogP contribution in [0.1, 0.15) is 11.1 Å². The van der Waals surface area contributed by atoms with E-state index in [0.29, 0.717) is 0 Å². The summed E-state index contributed by atoms with van der Waals surface area (Å²) in [4.78, 5) is 15.2. The number of hydrazine groups is 2. The van der Waals surface area contributed by atoms with Gasteiger partial charge in [-0.05, 0) is 38.1 Å². The average Bonchev–Trinajstić information content (AvgIpc) is 2.59. The first-order chi connectivity index (χ1) is 12.1. The standard InChI is InChI=1S/C15H18N4O5S2/c1-11-3-7-13(8-4-11)25(21,22)18-16-15(20)17-19-26(23,24)14-9-5-12(2)6-10-14/h3-10,18-19H,1-2H3,(H2,16,17,20). The van der Waals surface area contributed by atoms with Gasteiger partial charge in [-0.15, -0.1) is 9.66 Å². The highest BCUT2D eigenvalue weighted by atomic mass is 32.2. The first-order valence-electron chi connectivity index (χ1n) is 7.33. The van der Waals surface area contributed by atoms with Gasteiger partial charge in [0.1, 0.15) is 0 Å². The van der Waals surface area contributed by atoms with Crippen LogP contribution in [0.5, 0.6) is 0 Å². The van der Waals surface area contributed by atoms with Gasteiger partial charge >= 0.3 is 6.03 Å². The molecule has 4 N–H and O–H groups in total. The Hall–Kier alpha value is -2.47. The lowest BCUT2D eigenvalue weighted by atomic mass is 10.2. The predicted molar refractivity (Wildman–Crippen MR) is 94.7 cm³/mol. The third-order valence-corrected chi connectivity index (χ3v) is 5.79. The Kier molecular flexibility index (Phi) is 5.97. The van der Waals surface area contributed by atoms with Gasteiger partial charge in [0, 0.05) is 0 Å². The lowest BCUT2D eigenvalue weighted by Crippen LogP contribution is -2.52. The Morgan fingerprint density at radius 3 is 1.27 bits per heavy atom. The fourth-order valence-corrected chi connectivity index (χ4v) is 3.49. The van der Waals surface area contributed by atoms with Gasteiger partial charge in [0.2, 0.25) is 0 Å². The first-order valence-corrected chi connectivity index (χ1v) is 10.3. The Balaban J connectivity index is 1.92. The van der Waals surface area contributed by atoms with Crippen molar-refractivity contribution in [2.24, 2.45) is 0 Å². The third-order valence-electron chi connectivity index (χ3n) is 3.26. The SMILES string of the molecule is Cc1ccc(S(=O)(=O)NNC(=O)NNS(=O)(=O)c2ccc(C)cc2)cc1. The number of sulfonamides is 2. The number of rotatable bonds is 6. The molecule has 2 rings (SSSR count). The molecule has 0 aromatic heterocycles. The van der Waals surface area contributed by atoms with Crippen LogP contribution in [0.2, 0.25) is 0 Å². The highest BCUT2D eigenvalue weighted by Gasteiger charge is 2.17. The van der Waals surface area contributed by atoms with Crippen molar-refractivity contribution >= 4 is 26.1 Å². The molecular weight excluding hydrogens is 380 g/mol. The molecule has 2 aromatic rings. The lowest BCUT2D eigenvalue weighted by Gasteiger charge is -2.11. The van der Waals surface area contributed by atoms with Crippen LogP contribution < -0.4 is 20.5 Å². The molecular formula is C15H18N4O5S2. The molecule has 0 heterocycles. The maximum Gasteiger partial charge on any atom is 0.345 e. The molecule has 0 aliphatic carbocycles. The fraction of sp³-hybridized carbons (Fsp3) is 0.133. The minimum absolute atomic E-state index is 0.0522. The zero-order valence-electron chi connectivity index (χ0n) is 14.0. The molecule has 140 valence electrons. The smallest absolute Gasteiger partial charge is 0.258 e. The van der Waals surface area contributed by atoms with E-state index in [9.17, 15) is 21.6 Å². The molecule has 0 radical (unpaired) electrons. The summed E-state index contributed by atoms with van der Waals surface area (Å²) in [6.07, 6.45) is 0. The van der Waals surface area contributed by atoms with Crippen LogP contribution in [-0.2, 0) is 20.0 Å². The van der Waals surface area contributed by atoms with Crippen molar-refractivity contribution in [3.05, 3.63) is 59.7 Å². The monoisotopic (exact) mass is 398 g/mol. The molecule has 2 amide bonds. The number of nitrogens with one attached hydrogen (secondary N) is 4. The van der Waals surface area contributed by atoms with Crippen molar-refractivity contribution < 1.29 is 21.6 Å². The number of aryl methyl sites for hydroxylation is 2. The molecule has 0 spiro atoms. The molecule has 9 nitrogen and oxygen atoms in total. The summed E-state index contributed by atoms with van der Waals surface area (Å²) in [5.74, 6) is 0. The van der Waals surface area contributed by atoms with Gasteiger partial charge in [-0.3, -0.25) is 10.9 Å². The highest BCUT2D eigenvalue weighted by molar-refractivity contribution is 7.89. The molecule has 0 saturated heterocycles. The molecule has 0 bridgehead atoms. The summed E-state index contributed by atoms with van der Waals surface area (Å²) in [6, 6.07) is 10.8. The Morgan fingerprint density at radius 2 is 0.962 bits per heavy atom. The molecule has 2 aromatic carbocycles. The second kappa shape index (κ2) is 7.83.